The van der Waals surface area contributed by atoms with Crippen molar-refractivity contribution < 1.29 is 28.2 Å². The quantitative estimate of drug-likeness (QED) is 0.523. The number of carbonyl (C=O) groups excluding carboxylic acids is 3. The van der Waals surface area contributed by atoms with E-state index >= 15 is 0 Å². The molecular formula is C29H38FN5O5. The van der Waals surface area contributed by atoms with Crippen LogP contribution in [-0.4, -0.2) is 88.2 Å². The number of hydrogen-bond acceptors (Lipinski definition) is 7. The molecule has 10 nitrogen and oxygen atoms in total. The van der Waals surface area contributed by atoms with Crippen molar-refractivity contribution in [2.24, 2.45) is 0 Å². The Kier molecular flexibility index (Phi) is 9.02. The van der Waals surface area contributed by atoms with Gasteiger partial charge in [-0.05, 0) is 65.5 Å². The molecule has 2 aromatic rings. The molecule has 0 spiro atoms. The number of nitrogens with zero attached hydrogens (tertiary/aromatic N) is 4. The molecule has 1 saturated carbocycles. The van der Waals surface area contributed by atoms with Gasteiger partial charge in [0, 0.05) is 56.3 Å². The van der Waals surface area contributed by atoms with Crippen LogP contribution in [0.4, 0.5) is 9.18 Å². The molecule has 2 heterocycles. The molecule has 2 fully saturated rings. The number of aromatic nitrogens is 2. The lowest BCUT2D eigenvalue weighted by Crippen LogP contribution is -2.50. The number of carbonyl (C=O) groups is 3. The minimum atomic E-state index is -0.694. The fourth-order valence-electron chi connectivity index (χ4n) is 4.80. The van der Waals surface area contributed by atoms with Crippen molar-refractivity contribution in [1.29, 1.82) is 0 Å². The number of ether oxygens (including phenoxy) is 2. The summed E-state index contributed by atoms with van der Waals surface area (Å²) in [5.41, 5.74) is 0.109. The SMILES string of the molecule is COCC(C)NC(=O)c1ccc(-c2ncc(C(=O)N(C3CC3)C3CCN(C(=O)OC(C)(C)C)CC3)cn2)cc1F. The van der Waals surface area contributed by atoms with E-state index in [1.54, 1.807) is 17.9 Å². The number of likely N-dealkylation sites (tertiary alicyclic amines) is 1. The fourth-order valence-corrected chi connectivity index (χ4v) is 4.80. The summed E-state index contributed by atoms with van der Waals surface area (Å²) in [6, 6.07) is 4.09. The summed E-state index contributed by atoms with van der Waals surface area (Å²) < 4.78 is 25.2. The summed E-state index contributed by atoms with van der Waals surface area (Å²) in [4.78, 5) is 50.6. The molecule has 2 aliphatic rings. The van der Waals surface area contributed by atoms with Crippen LogP contribution in [-0.2, 0) is 9.47 Å². The van der Waals surface area contributed by atoms with Gasteiger partial charge in [0.25, 0.3) is 11.8 Å². The van der Waals surface area contributed by atoms with E-state index in [-0.39, 0.29) is 41.5 Å². The normalized spacial score (nSPS) is 16.8. The maximum Gasteiger partial charge on any atom is 0.410 e. The van der Waals surface area contributed by atoms with Gasteiger partial charge in [-0.15, -0.1) is 0 Å². The second kappa shape index (κ2) is 12.3. The lowest BCUT2D eigenvalue weighted by atomic mass is 10.0. The van der Waals surface area contributed by atoms with Crippen LogP contribution in [0, 0.1) is 5.82 Å². The lowest BCUT2D eigenvalue weighted by Gasteiger charge is -2.39. The average Bonchev–Trinajstić information content (AvgIpc) is 3.73. The Labute approximate surface area is 234 Å². The highest BCUT2D eigenvalue weighted by Crippen LogP contribution is 2.33. The van der Waals surface area contributed by atoms with Crippen molar-refractivity contribution in [2.45, 2.75) is 77.1 Å². The second-order valence-corrected chi connectivity index (χ2v) is 11.5. The van der Waals surface area contributed by atoms with Crippen LogP contribution in [0.1, 0.15) is 74.1 Å². The van der Waals surface area contributed by atoms with Gasteiger partial charge in [0.15, 0.2) is 5.82 Å². The Morgan fingerprint density at radius 1 is 1.10 bits per heavy atom. The molecule has 40 heavy (non-hydrogen) atoms. The molecule has 1 aromatic heterocycles. The molecule has 1 aromatic carbocycles. The van der Waals surface area contributed by atoms with Gasteiger partial charge >= 0.3 is 6.09 Å². The van der Waals surface area contributed by atoms with Crippen LogP contribution < -0.4 is 5.32 Å². The molecule has 1 N–H and O–H groups in total. The molecule has 0 bridgehead atoms. The van der Waals surface area contributed by atoms with Gasteiger partial charge in [-0.25, -0.2) is 19.2 Å². The third-order valence-electron chi connectivity index (χ3n) is 6.85. The number of rotatable bonds is 8. The van der Waals surface area contributed by atoms with E-state index in [2.05, 4.69) is 15.3 Å². The third-order valence-corrected chi connectivity index (χ3v) is 6.85. The van der Waals surface area contributed by atoms with E-state index in [0.717, 1.165) is 12.8 Å². The van der Waals surface area contributed by atoms with Crippen LogP contribution >= 0.6 is 0 Å². The van der Waals surface area contributed by atoms with Gasteiger partial charge < -0.3 is 24.6 Å². The lowest BCUT2D eigenvalue weighted by molar-refractivity contribution is 0.0142. The van der Waals surface area contributed by atoms with Crippen LogP contribution in [0.25, 0.3) is 11.4 Å². The number of nitrogens with one attached hydrogen (secondary N) is 1. The molecule has 1 unspecified atom stereocenters. The van der Waals surface area contributed by atoms with Gasteiger partial charge in [-0.1, -0.05) is 6.07 Å². The van der Waals surface area contributed by atoms with Gasteiger partial charge in [0.05, 0.1) is 17.7 Å². The van der Waals surface area contributed by atoms with E-state index < -0.39 is 17.3 Å². The Morgan fingerprint density at radius 2 is 1.73 bits per heavy atom. The predicted molar refractivity (Wildman–Crippen MR) is 146 cm³/mol. The molecule has 3 amide bonds. The Bertz CT molecular complexity index is 1220. The summed E-state index contributed by atoms with van der Waals surface area (Å²) in [6.07, 6.45) is 5.82. The zero-order valence-electron chi connectivity index (χ0n) is 23.8. The minimum Gasteiger partial charge on any atom is -0.444 e. The summed E-state index contributed by atoms with van der Waals surface area (Å²) >= 11 is 0. The van der Waals surface area contributed by atoms with Gasteiger partial charge in [0.1, 0.15) is 11.4 Å². The van der Waals surface area contributed by atoms with Crippen molar-refractivity contribution in [3.05, 3.63) is 47.5 Å². The number of hydrogen-bond donors (Lipinski definition) is 1. The molecule has 1 atom stereocenters. The molecule has 0 radical (unpaired) electrons. The third kappa shape index (κ3) is 7.32. The Morgan fingerprint density at radius 3 is 2.27 bits per heavy atom. The number of piperidine rings is 1. The number of benzene rings is 1. The van der Waals surface area contributed by atoms with Gasteiger partial charge in [-0.3, -0.25) is 9.59 Å². The van der Waals surface area contributed by atoms with E-state index in [9.17, 15) is 18.8 Å². The molecule has 1 aliphatic carbocycles. The number of halogens is 1. The van der Waals surface area contributed by atoms with Gasteiger partial charge in [0.2, 0.25) is 0 Å². The first-order valence-corrected chi connectivity index (χ1v) is 13.7. The highest BCUT2D eigenvalue weighted by Gasteiger charge is 2.40. The number of amides is 3. The first-order chi connectivity index (χ1) is 19.0. The van der Waals surface area contributed by atoms with Crippen molar-refractivity contribution in [3.8, 4) is 11.4 Å². The fraction of sp³-hybridized carbons (Fsp3) is 0.552. The van der Waals surface area contributed by atoms with Crippen molar-refractivity contribution in [2.75, 3.05) is 26.8 Å². The molecular weight excluding hydrogens is 517 g/mol. The second-order valence-electron chi connectivity index (χ2n) is 11.5. The maximum atomic E-state index is 14.8. The summed E-state index contributed by atoms with van der Waals surface area (Å²) in [5, 5.41) is 2.68. The summed E-state index contributed by atoms with van der Waals surface area (Å²) in [6.45, 7) is 8.65. The smallest absolute Gasteiger partial charge is 0.410 e. The first kappa shape index (κ1) is 29.4. The Balaban J connectivity index is 1.41. The summed E-state index contributed by atoms with van der Waals surface area (Å²) in [7, 11) is 1.53. The van der Waals surface area contributed by atoms with E-state index in [4.69, 9.17) is 9.47 Å². The molecule has 1 aliphatic heterocycles. The zero-order chi connectivity index (χ0) is 29.0. The van der Waals surface area contributed by atoms with Gasteiger partial charge in [-0.2, -0.15) is 0 Å². The molecule has 1 saturated heterocycles. The van der Waals surface area contributed by atoms with Crippen LogP contribution in [0.2, 0.25) is 0 Å². The zero-order valence-corrected chi connectivity index (χ0v) is 23.8. The van der Waals surface area contributed by atoms with E-state index in [1.807, 2.05) is 25.7 Å². The number of methoxy groups -OCH3 is 1. The topological polar surface area (TPSA) is 114 Å². The van der Waals surface area contributed by atoms with Crippen molar-refractivity contribution in [3.63, 3.8) is 0 Å². The standard InChI is InChI=1S/C29H38FN5O5/c1-18(17-39-5)33-26(36)23-9-6-19(14-24(23)30)25-31-15-20(16-32-25)27(37)35(21-7-8-21)22-10-12-34(13-11-22)28(38)40-29(2,3)4/h6,9,14-16,18,21-22H,7-8,10-13,17H2,1-5H3,(H,33,36). The van der Waals surface area contributed by atoms with E-state index in [0.29, 0.717) is 43.7 Å². The first-order valence-electron chi connectivity index (χ1n) is 13.7. The summed E-state index contributed by atoms with van der Waals surface area (Å²) in [5.74, 6) is -1.12. The predicted octanol–water partition coefficient (Wildman–Crippen LogP) is 4.05. The van der Waals surface area contributed by atoms with Crippen LogP contribution in [0.5, 0.6) is 0 Å². The van der Waals surface area contributed by atoms with E-state index in [1.165, 1.54) is 31.6 Å². The highest BCUT2D eigenvalue weighted by atomic mass is 19.1. The minimum absolute atomic E-state index is 0.0118. The van der Waals surface area contributed by atoms with Crippen molar-refractivity contribution >= 4 is 17.9 Å². The van der Waals surface area contributed by atoms with Crippen LogP contribution in [0.3, 0.4) is 0 Å². The molecule has 4 rings (SSSR count). The largest absolute Gasteiger partial charge is 0.444 e. The Hall–Kier alpha value is -3.60. The highest BCUT2D eigenvalue weighted by molar-refractivity contribution is 5.95. The maximum absolute atomic E-state index is 14.8. The average molecular weight is 556 g/mol. The van der Waals surface area contributed by atoms with Crippen LogP contribution in [0.15, 0.2) is 30.6 Å². The van der Waals surface area contributed by atoms with Crippen molar-refractivity contribution in [1.82, 2.24) is 25.1 Å². The molecule has 216 valence electrons. The monoisotopic (exact) mass is 555 g/mol. The molecule has 11 heteroatoms.